The Balaban J connectivity index is 0.00000574. The van der Waals surface area contributed by atoms with Crippen molar-refractivity contribution in [2.45, 2.75) is 78.6 Å². The predicted molar refractivity (Wildman–Crippen MR) is 304 cm³/mol. The van der Waals surface area contributed by atoms with Crippen LogP contribution in [0.2, 0.25) is 0 Å². The first-order chi connectivity index (χ1) is 34.6. The zero-order valence-corrected chi connectivity index (χ0v) is 45.8. The molecule has 1 aliphatic heterocycles. The van der Waals surface area contributed by atoms with E-state index in [9.17, 15) is 0 Å². The summed E-state index contributed by atoms with van der Waals surface area (Å²) in [5, 5.41) is 4.83. The molecule has 0 unspecified atom stereocenters. The Morgan fingerprint density at radius 2 is 1.11 bits per heavy atom. The van der Waals surface area contributed by atoms with Crippen molar-refractivity contribution in [1.82, 2.24) is 9.55 Å². The van der Waals surface area contributed by atoms with Gasteiger partial charge in [0, 0.05) is 92.6 Å². The van der Waals surface area contributed by atoms with Gasteiger partial charge in [0.25, 0.3) is 0 Å². The third-order valence-corrected chi connectivity index (χ3v) is 15.5. The molecule has 8 aromatic carbocycles. The Labute approximate surface area is 448 Å². The molecule has 1 aliphatic rings. The number of hydrogen-bond acceptors (Lipinski definition) is 5. The minimum absolute atomic E-state index is 0. The fourth-order valence-electron chi connectivity index (χ4n) is 10.3. The van der Waals surface area contributed by atoms with E-state index in [1.807, 2.05) is 35.7 Å². The number of benzene rings is 8. The van der Waals surface area contributed by atoms with Crippen molar-refractivity contribution in [3.8, 4) is 39.6 Å². The third kappa shape index (κ3) is 8.63. The van der Waals surface area contributed by atoms with E-state index in [1.54, 1.807) is 0 Å². The van der Waals surface area contributed by atoms with Crippen LogP contribution in [0.3, 0.4) is 0 Å². The maximum absolute atomic E-state index is 6.81. The molecule has 11 aromatic rings. The zero-order chi connectivity index (χ0) is 49.7. The van der Waals surface area contributed by atoms with Gasteiger partial charge < -0.3 is 19.1 Å². The number of hydrogen-bond donors (Lipinski definition) is 0. The number of rotatable bonds is 7. The van der Waals surface area contributed by atoms with Crippen molar-refractivity contribution >= 4 is 76.1 Å². The van der Waals surface area contributed by atoms with Gasteiger partial charge in [0.2, 0.25) is 0 Å². The second-order valence-corrected chi connectivity index (χ2v) is 23.3. The quantitative estimate of drug-likeness (QED) is 0.149. The number of fused-ring (bicyclic) bond motifs is 8. The van der Waals surface area contributed by atoms with E-state index in [0.717, 1.165) is 67.2 Å². The van der Waals surface area contributed by atoms with Gasteiger partial charge in [-0.3, -0.25) is 0 Å². The number of ether oxygens (including phenoxy) is 1. The molecule has 0 bridgehead atoms. The second-order valence-electron chi connectivity index (χ2n) is 22.2. The fourth-order valence-corrected chi connectivity index (χ4v) is 11.6. The smallest absolute Gasteiger partial charge is 0.135 e. The summed E-state index contributed by atoms with van der Waals surface area (Å²) in [6.07, 6.45) is 1.93. The Morgan fingerprint density at radius 3 is 1.77 bits per heavy atom. The van der Waals surface area contributed by atoms with Gasteiger partial charge >= 0.3 is 0 Å². The second kappa shape index (κ2) is 18.2. The van der Waals surface area contributed by atoms with Crippen LogP contribution in [0, 0.1) is 18.8 Å². The van der Waals surface area contributed by atoms with Gasteiger partial charge in [-0.2, -0.15) is 12.1 Å². The minimum Gasteiger partial charge on any atom is -0.509 e. The Kier molecular flexibility index (Phi) is 12.0. The van der Waals surface area contributed by atoms with E-state index >= 15 is 0 Å². The topological polar surface area (TPSA) is 33.5 Å². The molecule has 73 heavy (non-hydrogen) atoms. The predicted octanol–water partition coefficient (Wildman–Crippen LogP) is 18.6. The molecule has 0 amide bonds. The SMILES string of the molecule is CC(C)(C)c1ccc(-c2cccc(-c3ccc(C(C)(C)C)cc3)c2N2[CH-]N(c3[c-]c(Oc4[c-]c5c(cc4)c4c6sc7ccccc7c6ccc4n5-c4cc(C(C)(C)C)ccn4)ccc3)c3ccccc32)cc1.[Pt]. The molecular formula is C66H57N4OPtS-3. The molecule has 0 N–H and O–H groups in total. The summed E-state index contributed by atoms with van der Waals surface area (Å²) in [4.78, 5) is 9.57. The van der Waals surface area contributed by atoms with E-state index in [4.69, 9.17) is 9.72 Å². The number of aromatic nitrogens is 2. The molecule has 12 rings (SSSR count). The molecule has 4 heterocycles. The number of anilines is 4. The Hall–Kier alpha value is -6.98. The average molecular weight is 1150 g/mol. The fraction of sp³-hybridized carbons (Fsp3) is 0.182. The summed E-state index contributed by atoms with van der Waals surface area (Å²) in [5.74, 6) is 2.04. The van der Waals surface area contributed by atoms with Crippen molar-refractivity contribution in [3.05, 3.63) is 212 Å². The van der Waals surface area contributed by atoms with Gasteiger partial charge in [0.05, 0.1) is 0 Å². The summed E-state index contributed by atoms with van der Waals surface area (Å²) in [5.41, 5.74) is 14.6. The van der Waals surface area contributed by atoms with Crippen LogP contribution >= 0.6 is 11.3 Å². The first-order valence-corrected chi connectivity index (χ1v) is 25.8. The van der Waals surface area contributed by atoms with Crippen LogP contribution in [-0.4, -0.2) is 9.55 Å². The van der Waals surface area contributed by atoms with Crippen molar-refractivity contribution in [2.24, 2.45) is 0 Å². The normalized spacial score (nSPS) is 13.1. The first kappa shape index (κ1) is 48.3. The van der Waals surface area contributed by atoms with Gasteiger partial charge in [-0.1, -0.05) is 171 Å². The van der Waals surface area contributed by atoms with Crippen LogP contribution in [-0.2, 0) is 37.3 Å². The van der Waals surface area contributed by atoms with Crippen LogP contribution < -0.4 is 14.5 Å². The number of thiophene rings is 1. The standard InChI is InChI=1S/C66H57N4OS.Pt/c1-64(2,3)44-28-24-42(25-29-44)50-19-15-20-51(43-26-30-45(31-27-43)65(4,5)6)62(50)69-41-68(55-21-11-12-22-56(55)69)47-16-14-17-48(39-47)71-49-32-33-54-58(40-49)70(60-38-46(36-37-67-60)66(7,8)9)57-35-34-53-52-18-10-13-23-59(52)72-63(53)61(54)57;/h10-38,41H,1-9H3;/q-3;. The van der Waals surface area contributed by atoms with Crippen LogP contribution in [0.1, 0.15) is 79.0 Å². The summed E-state index contributed by atoms with van der Waals surface area (Å²) in [6.45, 7) is 22.5. The van der Waals surface area contributed by atoms with Gasteiger partial charge in [-0.05, 0) is 85.8 Å². The van der Waals surface area contributed by atoms with E-state index < -0.39 is 0 Å². The van der Waals surface area contributed by atoms with Crippen LogP contribution in [0.15, 0.2) is 176 Å². The van der Waals surface area contributed by atoms with Crippen LogP contribution in [0.4, 0.5) is 22.7 Å². The zero-order valence-electron chi connectivity index (χ0n) is 42.7. The summed E-state index contributed by atoms with van der Waals surface area (Å²) in [6, 6.07) is 68.8. The third-order valence-electron chi connectivity index (χ3n) is 14.3. The Bertz CT molecular complexity index is 3810. The van der Waals surface area contributed by atoms with Gasteiger partial charge in [0.15, 0.2) is 0 Å². The van der Waals surface area contributed by atoms with E-state index in [-0.39, 0.29) is 37.3 Å². The number of para-hydroxylation sites is 3. The number of nitrogens with zero attached hydrogens (tertiary/aromatic N) is 4. The molecule has 3 aromatic heterocycles. The largest absolute Gasteiger partial charge is 0.509 e. The van der Waals surface area contributed by atoms with Crippen molar-refractivity contribution in [1.29, 1.82) is 0 Å². The number of pyridine rings is 1. The first-order valence-electron chi connectivity index (χ1n) is 24.9. The molecule has 0 saturated carbocycles. The molecule has 0 aliphatic carbocycles. The van der Waals surface area contributed by atoms with Crippen LogP contribution in [0.5, 0.6) is 11.5 Å². The maximum atomic E-state index is 6.81. The van der Waals surface area contributed by atoms with Gasteiger partial charge in [-0.15, -0.1) is 59.4 Å². The molecule has 0 saturated heterocycles. The summed E-state index contributed by atoms with van der Waals surface area (Å²) in [7, 11) is 0. The molecule has 0 radical (unpaired) electrons. The molecule has 0 spiro atoms. The van der Waals surface area contributed by atoms with E-state index in [1.165, 1.54) is 42.2 Å². The van der Waals surface area contributed by atoms with Crippen molar-refractivity contribution in [3.63, 3.8) is 0 Å². The molecule has 5 nitrogen and oxygen atoms in total. The van der Waals surface area contributed by atoms with Gasteiger partial charge in [0.1, 0.15) is 5.82 Å². The van der Waals surface area contributed by atoms with Crippen molar-refractivity contribution in [2.75, 3.05) is 9.80 Å². The van der Waals surface area contributed by atoms with Gasteiger partial charge in [-0.25, -0.2) is 4.98 Å². The minimum atomic E-state index is -0.0548. The molecule has 7 heteroatoms. The van der Waals surface area contributed by atoms with Crippen LogP contribution in [0.25, 0.3) is 70.0 Å². The molecule has 366 valence electrons. The van der Waals surface area contributed by atoms with Crippen molar-refractivity contribution < 1.29 is 25.8 Å². The molecular weight excluding hydrogens is 1090 g/mol. The molecule has 0 atom stereocenters. The Morgan fingerprint density at radius 1 is 0.521 bits per heavy atom. The van der Waals surface area contributed by atoms with E-state index in [2.05, 4.69) is 247 Å². The summed E-state index contributed by atoms with van der Waals surface area (Å²) >= 11 is 1.84. The average Bonchev–Trinajstić information content (AvgIpc) is 4.05. The summed E-state index contributed by atoms with van der Waals surface area (Å²) < 4.78 is 11.6. The maximum Gasteiger partial charge on any atom is 0.135 e. The molecule has 0 fully saturated rings. The van der Waals surface area contributed by atoms with E-state index in [0.29, 0.717) is 11.5 Å². The monoisotopic (exact) mass is 1150 g/mol.